The van der Waals surface area contributed by atoms with Crippen LogP contribution in [0.15, 0.2) is 0 Å². The molecule has 0 aromatic heterocycles. The number of amides is 1. The van der Waals surface area contributed by atoms with Gasteiger partial charge in [0.15, 0.2) is 0 Å². The van der Waals surface area contributed by atoms with Gasteiger partial charge in [0.25, 0.3) is 0 Å². The molecule has 0 aliphatic heterocycles. The molecule has 0 radical (unpaired) electrons. The maximum atomic E-state index is 12.5. The van der Waals surface area contributed by atoms with Gasteiger partial charge in [-0.15, -0.1) is 0 Å². The summed E-state index contributed by atoms with van der Waals surface area (Å²) in [4.78, 5) is 11.2. The molecule has 17 heavy (non-hydrogen) atoms. The van der Waals surface area contributed by atoms with Crippen LogP contribution in [0.5, 0.6) is 0 Å². The summed E-state index contributed by atoms with van der Waals surface area (Å²) < 4.78 is 42.2. The van der Waals surface area contributed by atoms with Crippen LogP contribution in [0.25, 0.3) is 0 Å². The van der Waals surface area contributed by atoms with Crippen molar-refractivity contribution in [2.45, 2.75) is 31.0 Å². The van der Waals surface area contributed by atoms with E-state index in [0.29, 0.717) is 19.6 Å². The van der Waals surface area contributed by atoms with Crippen molar-refractivity contribution in [3.8, 4) is 0 Å². The average molecular weight is 254 g/mol. The van der Waals surface area contributed by atoms with Crippen LogP contribution in [0.1, 0.15) is 19.3 Å². The number of carbonyl (C=O) groups excluding carboxylic acids is 1. The zero-order valence-electron chi connectivity index (χ0n) is 9.69. The third-order valence-corrected chi connectivity index (χ3v) is 2.73. The van der Waals surface area contributed by atoms with E-state index >= 15 is 0 Å². The van der Waals surface area contributed by atoms with E-state index in [-0.39, 0.29) is 19.4 Å². The molecule has 0 atom stereocenters. The molecule has 0 aromatic rings. The molecular formula is C10H17F3N2O2. The van der Waals surface area contributed by atoms with E-state index in [1.54, 1.807) is 7.11 Å². The second-order valence-corrected chi connectivity index (χ2v) is 4.13. The number of ether oxygens (including phenoxy) is 1. The Kier molecular flexibility index (Phi) is 4.76. The van der Waals surface area contributed by atoms with Crippen molar-refractivity contribution >= 4 is 5.91 Å². The van der Waals surface area contributed by atoms with E-state index in [9.17, 15) is 18.0 Å². The molecule has 7 heteroatoms. The number of hydrogen-bond donors (Lipinski definition) is 2. The number of halogens is 3. The third-order valence-electron chi connectivity index (χ3n) is 2.73. The highest BCUT2D eigenvalue weighted by atomic mass is 19.4. The standard InChI is InChI=1S/C10H17F3N2O2/c1-17-6-2-5-14-8(16)7-15-9(3-4-9)10(11,12)13/h15H,2-7H2,1H3,(H,14,16). The van der Waals surface area contributed by atoms with Crippen molar-refractivity contribution in [3.05, 3.63) is 0 Å². The van der Waals surface area contributed by atoms with Gasteiger partial charge in [0.1, 0.15) is 5.54 Å². The summed E-state index contributed by atoms with van der Waals surface area (Å²) in [5.74, 6) is -0.420. The van der Waals surface area contributed by atoms with E-state index in [4.69, 9.17) is 4.74 Å². The molecule has 2 N–H and O–H groups in total. The van der Waals surface area contributed by atoms with Crippen molar-refractivity contribution in [3.63, 3.8) is 0 Å². The fourth-order valence-electron chi connectivity index (χ4n) is 1.44. The van der Waals surface area contributed by atoms with Crippen LogP contribution in [-0.4, -0.2) is 44.4 Å². The van der Waals surface area contributed by atoms with Crippen LogP contribution in [0.4, 0.5) is 13.2 Å². The predicted octanol–water partition coefficient (Wildman–Crippen LogP) is 0.824. The minimum atomic E-state index is -4.27. The first-order valence-electron chi connectivity index (χ1n) is 5.49. The molecule has 1 saturated carbocycles. The minimum Gasteiger partial charge on any atom is -0.385 e. The van der Waals surface area contributed by atoms with Crippen molar-refractivity contribution in [1.29, 1.82) is 0 Å². The first kappa shape index (κ1) is 14.2. The van der Waals surface area contributed by atoms with Crippen LogP contribution in [0.2, 0.25) is 0 Å². The Labute approximate surface area is 97.9 Å². The molecule has 0 unspecified atom stereocenters. The van der Waals surface area contributed by atoms with Gasteiger partial charge in [0, 0.05) is 20.3 Å². The van der Waals surface area contributed by atoms with Gasteiger partial charge in [0.2, 0.25) is 5.91 Å². The van der Waals surface area contributed by atoms with Gasteiger partial charge in [-0.2, -0.15) is 13.2 Å². The number of alkyl halides is 3. The minimum absolute atomic E-state index is 0.0491. The van der Waals surface area contributed by atoms with Gasteiger partial charge in [-0.05, 0) is 19.3 Å². The fourth-order valence-corrected chi connectivity index (χ4v) is 1.44. The topological polar surface area (TPSA) is 50.4 Å². The van der Waals surface area contributed by atoms with Crippen molar-refractivity contribution in [1.82, 2.24) is 10.6 Å². The lowest BCUT2D eigenvalue weighted by Gasteiger charge is -2.20. The van der Waals surface area contributed by atoms with Crippen molar-refractivity contribution in [2.75, 3.05) is 26.8 Å². The number of hydrogen-bond acceptors (Lipinski definition) is 3. The maximum Gasteiger partial charge on any atom is 0.406 e. The van der Waals surface area contributed by atoms with E-state index in [1.807, 2.05) is 0 Å². The van der Waals surface area contributed by atoms with Gasteiger partial charge in [0.05, 0.1) is 6.54 Å². The molecule has 1 rings (SSSR count). The molecule has 1 aliphatic carbocycles. The van der Waals surface area contributed by atoms with Crippen LogP contribution in [0.3, 0.4) is 0 Å². The van der Waals surface area contributed by atoms with Gasteiger partial charge in [-0.1, -0.05) is 0 Å². The van der Waals surface area contributed by atoms with E-state index in [2.05, 4.69) is 10.6 Å². The van der Waals surface area contributed by atoms with Crippen molar-refractivity contribution < 1.29 is 22.7 Å². The molecule has 0 bridgehead atoms. The van der Waals surface area contributed by atoms with Crippen LogP contribution in [0, 0.1) is 0 Å². The molecule has 4 nitrogen and oxygen atoms in total. The molecule has 0 spiro atoms. The smallest absolute Gasteiger partial charge is 0.385 e. The summed E-state index contributed by atoms with van der Waals surface area (Å²) in [5, 5.41) is 4.80. The Balaban J connectivity index is 2.16. The van der Waals surface area contributed by atoms with Crippen LogP contribution in [-0.2, 0) is 9.53 Å². The Hall–Kier alpha value is -0.820. The number of carbonyl (C=O) groups is 1. The number of rotatable bonds is 7. The van der Waals surface area contributed by atoms with Crippen molar-refractivity contribution in [2.24, 2.45) is 0 Å². The SMILES string of the molecule is COCCCNC(=O)CNC1(C(F)(F)F)CC1. The lowest BCUT2D eigenvalue weighted by molar-refractivity contribution is -0.166. The highest BCUT2D eigenvalue weighted by Gasteiger charge is 2.63. The highest BCUT2D eigenvalue weighted by molar-refractivity contribution is 5.78. The summed E-state index contributed by atoms with van der Waals surface area (Å²) in [5.41, 5.74) is -1.82. The highest BCUT2D eigenvalue weighted by Crippen LogP contribution is 2.48. The Bertz CT molecular complexity index is 265. The fraction of sp³-hybridized carbons (Fsp3) is 0.900. The molecule has 1 fully saturated rings. The summed E-state index contributed by atoms with van der Waals surface area (Å²) in [6.07, 6.45) is -3.53. The second kappa shape index (κ2) is 5.68. The molecule has 100 valence electrons. The largest absolute Gasteiger partial charge is 0.406 e. The monoisotopic (exact) mass is 254 g/mol. The quantitative estimate of drug-likeness (QED) is 0.661. The third kappa shape index (κ3) is 4.16. The average Bonchev–Trinajstić information content (AvgIpc) is 3.02. The number of nitrogens with one attached hydrogen (secondary N) is 2. The van der Waals surface area contributed by atoms with E-state index in [0.717, 1.165) is 0 Å². The Morgan fingerprint density at radius 2 is 2.06 bits per heavy atom. The summed E-state index contributed by atoms with van der Waals surface area (Å²) in [6.45, 7) is 0.625. The summed E-state index contributed by atoms with van der Waals surface area (Å²) >= 11 is 0. The lowest BCUT2D eigenvalue weighted by Crippen LogP contribution is -2.48. The summed E-state index contributed by atoms with van der Waals surface area (Å²) in [7, 11) is 1.55. The molecule has 0 heterocycles. The predicted molar refractivity (Wildman–Crippen MR) is 55.5 cm³/mol. The molecule has 0 saturated heterocycles. The van der Waals surface area contributed by atoms with E-state index in [1.165, 1.54) is 0 Å². The van der Waals surface area contributed by atoms with Gasteiger partial charge in [-0.25, -0.2) is 0 Å². The maximum absolute atomic E-state index is 12.5. The molecule has 0 aromatic carbocycles. The first-order chi connectivity index (χ1) is 7.91. The first-order valence-corrected chi connectivity index (χ1v) is 5.49. The normalized spacial score (nSPS) is 17.9. The summed E-state index contributed by atoms with van der Waals surface area (Å²) in [6, 6.07) is 0. The second-order valence-electron chi connectivity index (χ2n) is 4.13. The molecule has 1 aliphatic rings. The lowest BCUT2D eigenvalue weighted by atomic mass is 10.2. The van der Waals surface area contributed by atoms with Gasteiger partial charge in [-0.3, -0.25) is 10.1 Å². The zero-order chi connectivity index (χ0) is 12.9. The molecular weight excluding hydrogens is 237 g/mol. The van der Waals surface area contributed by atoms with Gasteiger partial charge >= 0.3 is 6.18 Å². The Morgan fingerprint density at radius 3 is 2.53 bits per heavy atom. The molecule has 1 amide bonds. The van der Waals surface area contributed by atoms with Gasteiger partial charge < -0.3 is 10.1 Å². The zero-order valence-corrected chi connectivity index (χ0v) is 9.69. The van der Waals surface area contributed by atoms with E-state index < -0.39 is 17.6 Å². The van der Waals surface area contributed by atoms with Crippen LogP contribution >= 0.6 is 0 Å². The number of methoxy groups -OCH3 is 1. The Morgan fingerprint density at radius 1 is 1.41 bits per heavy atom. The van der Waals surface area contributed by atoms with Crippen LogP contribution < -0.4 is 10.6 Å².